The van der Waals surface area contributed by atoms with Crippen molar-refractivity contribution >= 4 is 5.91 Å². The van der Waals surface area contributed by atoms with Crippen molar-refractivity contribution in [2.75, 3.05) is 27.4 Å². The fraction of sp³-hybridized carbons (Fsp3) is 0.381. The van der Waals surface area contributed by atoms with Crippen LogP contribution < -0.4 is 24.3 Å². The Kier molecular flexibility index (Phi) is 6.41. The smallest absolute Gasteiger partial charge is 0.220 e. The summed E-state index contributed by atoms with van der Waals surface area (Å²) in [7, 11) is 3.19. The zero-order chi connectivity index (χ0) is 19.1. The molecular weight excluding hydrogens is 346 g/mol. The quantitative estimate of drug-likeness (QED) is 0.772. The highest BCUT2D eigenvalue weighted by atomic mass is 16.6. The molecule has 3 rings (SSSR count). The second-order valence-electron chi connectivity index (χ2n) is 6.30. The van der Waals surface area contributed by atoms with Gasteiger partial charge in [0.25, 0.3) is 0 Å². The molecule has 6 nitrogen and oxygen atoms in total. The van der Waals surface area contributed by atoms with Crippen LogP contribution in [0.15, 0.2) is 36.4 Å². The average Bonchev–Trinajstić information content (AvgIpc) is 2.72. The summed E-state index contributed by atoms with van der Waals surface area (Å²) in [6.45, 7) is 1.63. The van der Waals surface area contributed by atoms with E-state index in [1.807, 2.05) is 36.4 Å². The minimum absolute atomic E-state index is 0.0299. The maximum atomic E-state index is 12.1. The van der Waals surface area contributed by atoms with Gasteiger partial charge in [-0.15, -0.1) is 0 Å². The molecule has 0 spiro atoms. The van der Waals surface area contributed by atoms with E-state index in [4.69, 9.17) is 18.9 Å². The predicted molar refractivity (Wildman–Crippen MR) is 102 cm³/mol. The number of hydrogen-bond donors (Lipinski definition) is 1. The van der Waals surface area contributed by atoms with Gasteiger partial charge in [0.1, 0.15) is 13.2 Å². The van der Waals surface area contributed by atoms with Crippen molar-refractivity contribution in [3.8, 4) is 23.0 Å². The minimum Gasteiger partial charge on any atom is -0.493 e. The molecule has 0 fully saturated rings. The van der Waals surface area contributed by atoms with Gasteiger partial charge in [0.15, 0.2) is 23.0 Å². The second kappa shape index (κ2) is 9.16. The molecule has 144 valence electrons. The monoisotopic (exact) mass is 371 g/mol. The van der Waals surface area contributed by atoms with Crippen LogP contribution >= 0.6 is 0 Å². The summed E-state index contributed by atoms with van der Waals surface area (Å²) in [5.74, 6) is 2.94. The van der Waals surface area contributed by atoms with Gasteiger partial charge in [-0.2, -0.15) is 0 Å². The Morgan fingerprint density at radius 3 is 2.48 bits per heavy atom. The normalized spacial score (nSPS) is 12.4. The Labute approximate surface area is 159 Å². The van der Waals surface area contributed by atoms with Crippen LogP contribution in [-0.2, 0) is 17.8 Å². The second-order valence-corrected chi connectivity index (χ2v) is 6.30. The molecule has 6 heteroatoms. The van der Waals surface area contributed by atoms with E-state index in [1.54, 1.807) is 14.2 Å². The van der Waals surface area contributed by atoms with Crippen LogP contribution in [0.25, 0.3) is 0 Å². The number of rotatable bonds is 8. The largest absolute Gasteiger partial charge is 0.493 e. The first-order chi connectivity index (χ1) is 13.2. The molecule has 1 aliphatic heterocycles. The third kappa shape index (κ3) is 5.06. The van der Waals surface area contributed by atoms with Crippen LogP contribution in [0.2, 0.25) is 0 Å². The summed E-state index contributed by atoms with van der Waals surface area (Å²) in [6.07, 6.45) is 2.07. The SMILES string of the molecule is COc1ccc(CNC(=O)CCCc2ccc3c(c2)OCCO3)cc1OC. The van der Waals surface area contributed by atoms with Gasteiger partial charge in [0.05, 0.1) is 14.2 Å². The zero-order valence-electron chi connectivity index (χ0n) is 15.7. The van der Waals surface area contributed by atoms with E-state index in [0.29, 0.717) is 37.7 Å². The summed E-state index contributed by atoms with van der Waals surface area (Å²) in [4.78, 5) is 12.1. The number of nitrogens with one attached hydrogen (secondary N) is 1. The van der Waals surface area contributed by atoms with Gasteiger partial charge in [-0.1, -0.05) is 12.1 Å². The summed E-state index contributed by atoms with van der Waals surface area (Å²) in [6, 6.07) is 11.6. The van der Waals surface area contributed by atoms with Gasteiger partial charge < -0.3 is 24.3 Å². The highest BCUT2D eigenvalue weighted by Crippen LogP contribution is 2.31. The molecule has 2 aromatic carbocycles. The van der Waals surface area contributed by atoms with E-state index in [9.17, 15) is 4.79 Å². The standard InChI is InChI=1S/C21H25NO5/c1-24-17-8-7-16(13-19(17)25-2)14-22-21(23)5-3-4-15-6-9-18-20(12-15)27-11-10-26-18/h6-9,12-13H,3-5,10-11,14H2,1-2H3,(H,22,23). The lowest BCUT2D eigenvalue weighted by Crippen LogP contribution is -2.22. The fourth-order valence-corrected chi connectivity index (χ4v) is 2.98. The molecule has 1 N–H and O–H groups in total. The topological polar surface area (TPSA) is 66.0 Å². The van der Waals surface area contributed by atoms with Crippen LogP contribution in [0.5, 0.6) is 23.0 Å². The molecule has 1 heterocycles. The van der Waals surface area contributed by atoms with Crippen LogP contribution in [0.3, 0.4) is 0 Å². The molecular formula is C21H25NO5. The predicted octanol–water partition coefficient (Wildman–Crippen LogP) is 3.11. The first-order valence-electron chi connectivity index (χ1n) is 9.05. The van der Waals surface area contributed by atoms with Crippen molar-refractivity contribution in [1.29, 1.82) is 0 Å². The fourth-order valence-electron chi connectivity index (χ4n) is 2.98. The number of aryl methyl sites for hydroxylation is 1. The number of carbonyl (C=O) groups excluding carboxylic acids is 1. The van der Waals surface area contributed by atoms with Crippen molar-refractivity contribution in [3.05, 3.63) is 47.5 Å². The van der Waals surface area contributed by atoms with E-state index in [1.165, 1.54) is 0 Å². The first kappa shape index (κ1) is 18.9. The Balaban J connectivity index is 1.43. The number of amides is 1. The van der Waals surface area contributed by atoms with Crippen LogP contribution in [0, 0.1) is 0 Å². The van der Waals surface area contributed by atoms with Crippen molar-refractivity contribution < 1.29 is 23.7 Å². The Bertz CT molecular complexity index is 790. The summed E-state index contributed by atoms with van der Waals surface area (Å²) in [5, 5.41) is 2.94. The number of fused-ring (bicyclic) bond motifs is 1. The number of benzene rings is 2. The lowest BCUT2D eigenvalue weighted by atomic mass is 10.1. The molecule has 0 radical (unpaired) electrons. The average molecular weight is 371 g/mol. The van der Waals surface area contributed by atoms with Gasteiger partial charge >= 0.3 is 0 Å². The van der Waals surface area contributed by atoms with Gasteiger partial charge in [-0.25, -0.2) is 0 Å². The van der Waals surface area contributed by atoms with Crippen LogP contribution in [-0.4, -0.2) is 33.3 Å². The first-order valence-corrected chi connectivity index (χ1v) is 9.05. The number of ether oxygens (including phenoxy) is 4. The Morgan fingerprint density at radius 1 is 0.963 bits per heavy atom. The molecule has 27 heavy (non-hydrogen) atoms. The molecule has 2 aromatic rings. The summed E-state index contributed by atoms with van der Waals surface area (Å²) >= 11 is 0. The maximum absolute atomic E-state index is 12.1. The highest BCUT2D eigenvalue weighted by Gasteiger charge is 2.12. The molecule has 0 atom stereocenters. The molecule has 1 amide bonds. The summed E-state index contributed by atoms with van der Waals surface area (Å²) in [5.41, 5.74) is 2.11. The van der Waals surface area contributed by atoms with Gasteiger partial charge in [-0.3, -0.25) is 4.79 Å². The molecule has 0 unspecified atom stereocenters. The Hall–Kier alpha value is -2.89. The van der Waals surface area contributed by atoms with Crippen LogP contribution in [0.1, 0.15) is 24.0 Å². The Morgan fingerprint density at radius 2 is 1.70 bits per heavy atom. The number of carbonyl (C=O) groups is 1. The lowest BCUT2D eigenvalue weighted by Gasteiger charge is -2.18. The molecule has 0 bridgehead atoms. The lowest BCUT2D eigenvalue weighted by molar-refractivity contribution is -0.121. The van der Waals surface area contributed by atoms with Crippen molar-refractivity contribution in [2.45, 2.75) is 25.8 Å². The molecule has 0 aliphatic carbocycles. The maximum Gasteiger partial charge on any atom is 0.220 e. The molecule has 0 saturated heterocycles. The molecule has 0 saturated carbocycles. The summed E-state index contributed by atoms with van der Waals surface area (Å²) < 4.78 is 21.6. The molecule has 1 aliphatic rings. The van der Waals surface area contributed by atoms with Gasteiger partial charge in [0.2, 0.25) is 5.91 Å². The highest BCUT2D eigenvalue weighted by molar-refractivity contribution is 5.75. The van der Waals surface area contributed by atoms with Crippen molar-refractivity contribution in [3.63, 3.8) is 0 Å². The zero-order valence-corrected chi connectivity index (χ0v) is 15.7. The van der Waals surface area contributed by atoms with Gasteiger partial charge in [0, 0.05) is 13.0 Å². The molecule has 0 aromatic heterocycles. The number of hydrogen-bond acceptors (Lipinski definition) is 5. The van der Waals surface area contributed by atoms with E-state index < -0.39 is 0 Å². The van der Waals surface area contributed by atoms with E-state index in [-0.39, 0.29) is 5.91 Å². The third-order valence-electron chi connectivity index (χ3n) is 4.41. The number of methoxy groups -OCH3 is 2. The minimum atomic E-state index is 0.0299. The van der Waals surface area contributed by atoms with Crippen molar-refractivity contribution in [2.24, 2.45) is 0 Å². The van der Waals surface area contributed by atoms with Crippen LogP contribution in [0.4, 0.5) is 0 Å². The van der Waals surface area contributed by atoms with Gasteiger partial charge in [-0.05, 0) is 48.2 Å². The van der Waals surface area contributed by atoms with Crippen molar-refractivity contribution in [1.82, 2.24) is 5.32 Å². The third-order valence-corrected chi connectivity index (χ3v) is 4.41. The van der Waals surface area contributed by atoms with E-state index in [0.717, 1.165) is 35.5 Å². The van der Waals surface area contributed by atoms with E-state index in [2.05, 4.69) is 5.32 Å². The van der Waals surface area contributed by atoms with E-state index >= 15 is 0 Å².